The minimum absolute atomic E-state index is 0.191. The zero-order valence-electron chi connectivity index (χ0n) is 12.2. The summed E-state index contributed by atoms with van der Waals surface area (Å²) < 4.78 is 0. The molecule has 2 N–H and O–H groups in total. The van der Waals surface area contributed by atoms with Crippen molar-refractivity contribution >= 4 is 0 Å². The Morgan fingerprint density at radius 2 is 1.79 bits per heavy atom. The van der Waals surface area contributed by atoms with Crippen LogP contribution in [0.1, 0.15) is 43.9 Å². The molecule has 0 spiro atoms. The van der Waals surface area contributed by atoms with Gasteiger partial charge in [0.1, 0.15) is 0 Å². The van der Waals surface area contributed by atoms with E-state index in [0.717, 1.165) is 11.8 Å². The number of aryl methyl sites for hydroxylation is 1. The molecule has 0 radical (unpaired) electrons. The van der Waals surface area contributed by atoms with Crippen LogP contribution in [-0.2, 0) is 6.42 Å². The molecule has 0 aromatic heterocycles. The van der Waals surface area contributed by atoms with Crippen LogP contribution in [0.3, 0.4) is 0 Å². The van der Waals surface area contributed by atoms with Crippen molar-refractivity contribution in [1.82, 2.24) is 4.90 Å². The van der Waals surface area contributed by atoms with Crippen molar-refractivity contribution in [3.8, 4) is 0 Å². The lowest BCUT2D eigenvalue weighted by atomic mass is 9.96. The Morgan fingerprint density at radius 1 is 1.11 bits per heavy atom. The van der Waals surface area contributed by atoms with Gasteiger partial charge < -0.3 is 5.73 Å². The van der Waals surface area contributed by atoms with Gasteiger partial charge in [-0.05, 0) is 42.2 Å². The zero-order valence-corrected chi connectivity index (χ0v) is 12.2. The van der Waals surface area contributed by atoms with E-state index in [0.29, 0.717) is 6.04 Å². The van der Waals surface area contributed by atoms with Crippen molar-refractivity contribution in [3.05, 3.63) is 35.4 Å². The standard InChI is InChI=1S/C17H26N2/c1-12-10-19(11-13(12)2)16-9-5-7-14-6-3-4-8-15(14)17(16)18/h3-4,6,8,12-13,16-17H,5,7,9-11,18H2,1-2H3. The van der Waals surface area contributed by atoms with Gasteiger partial charge in [0.2, 0.25) is 0 Å². The largest absolute Gasteiger partial charge is 0.323 e. The van der Waals surface area contributed by atoms with Gasteiger partial charge in [0.15, 0.2) is 0 Å². The van der Waals surface area contributed by atoms with Crippen LogP contribution < -0.4 is 5.73 Å². The smallest absolute Gasteiger partial charge is 0.0455 e. The van der Waals surface area contributed by atoms with Crippen LogP contribution in [0.4, 0.5) is 0 Å². The summed E-state index contributed by atoms with van der Waals surface area (Å²) >= 11 is 0. The van der Waals surface area contributed by atoms with Crippen molar-refractivity contribution in [3.63, 3.8) is 0 Å². The molecule has 1 fully saturated rings. The molecule has 2 aliphatic rings. The third-order valence-electron chi connectivity index (χ3n) is 5.26. The third-order valence-corrected chi connectivity index (χ3v) is 5.26. The van der Waals surface area contributed by atoms with Gasteiger partial charge in [0.25, 0.3) is 0 Å². The maximum absolute atomic E-state index is 6.62. The summed E-state index contributed by atoms with van der Waals surface area (Å²) in [6.07, 6.45) is 3.71. The predicted molar refractivity (Wildman–Crippen MR) is 80.0 cm³/mol. The fourth-order valence-electron chi connectivity index (χ4n) is 3.83. The van der Waals surface area contributed by atoms with Gasteiger partial charge in [0.05, 0.1) is 0 Å². The topological polar surface area (TPSA) is 29.3 Å². The van der Waals surface area contributed by atoms with E-state index in [-0.39, 0.29) is 6.04 Å². The first-order valence-electron chi connectivity index (χ1n) is 7.74. The lowest BCUT2D eigenvalue weighted by Crippen LogP contribution is -2.41. The van der Waals surface area contributed by atoms with Gasteiger partial charge in [-0.2, -0.15) is 0 Å². The Hall–Kier alpha value is -0.860. The van der Waals surface area contributed by atoms with Gasteiger partial charge in [-0.25, -0.2) is 0 Å². The maximum Gasteiger partial charge on any atom is 0.0455 e. The van der Waals surface area contributed by atoms with Crippen LogP contribution >= 0.6 is 0 Å². The molecule has 104 valence electrons. The molecule has 2 nitrogen and oxygen atoms in total. The van der Waals surface area contributed by atoms with Crippen LogP contribution in [-0.4, -0.2) is 24.0 Å². The average Bonchev–Trinajstić information content (AvgIpc) is 2.65. The fraction of sp³-hybridized carbons (Fsp3) is 0.647. The molecular weight excluding hydrogens is 232 g/mol. The van der Waals surface area contributed by atoms with Crippen LogP contribution in [0.2, 0.25) is 0 Å². The molecule has 4 unspecified atom stereocenters. The Morgan fingerprint density at radius 3 is 2.53 bits per heavy atom. The molecule has 3 rings (SSSR count). The molecule has 1 aromatic rings. The van der Waals surface area contributed by atoms with Crippen LogP contribution in [0.15, 0.2) is 24.3 Å². The summed E-state index contributed by atoms with van der Waals surface area (Å²) in [6.45, 7) is 7.20. The molecule has 1 aromatic carbocycles. The molecule has 4 atom stereocenters. The first-order valence-corrected chi connectivity index (χ1v) is 7.74. The van der Waals surface area contributed by atoms with Gasteiger partial charge in [-0.3, -0.25) is 4.90 Å². The molecule has 0 saturated carbocycles. The van der Waals surface area contributed by atoms with E-state index in [1.165, 1.54) is 43.5 Å². The van der Waals surface area contributed by atoms with E-state index in [4.69, 9.17) is 5.73 Å². The van der Waals surface area contributed by atoms with E-state index in [1.807, 2.05) is 0 Å². The summed E-state index contributed by atoms with van der Waals surface area (Å²) in [4.78, 5) is 2.65. The lowest BCUT2D eigenvalue weighted by Gasteiger charge is -2.32. The number of nitrogens with zero attached hydrogens (tertiary/aromatic N) is 1. The minimum Gasteiger partial charge on any atom is -0.323 e. The minimum atomic E-state index is 0.191. The second-order valence-electron chi connectivity index (χ2n) is 6.59. The van der Waals surface area contributed by atoms with E-state index < -0.39 is 0 Å². The van der Waals surface area contributed by atoms with Crippen molar-refractivity contribution in [1.29, 1.82) is 0 Å². The summed E-state index contributed by atoms with van der Waals surface area (Å²) in [5.41, 5.74) is 9.48. The zero-order chi connectivity index (χ0) is 13.4. The summed E-state index contributed by atoms with van der Waals surface area (Å²) in [5.74, 6) is 1.62. The molecule has 1 aliphatic carbocycles. The van der Waals surface area contributed by atoms with E-state index in [9.17, 15) is 0 Å². The van der Waals surface area contributed by atoms with Gasteiger partial charge in [-0.1, -0.05) is 38.1 Å². The first-order chi connectivity index (χ1) is 9.16. The summed E-state index contributed by atoms with van der Waals surface area (Å²) in [6, 6.07) is 9.50. The highest BCUT2D eigenvalue weighted by Gasteiger charge is 2.35. The molecule has 1 aliphatic heterocycles. The average molecular weight is 258 g/mol. The van der Waals surface area contributed by atoms with Gasteiger partial charge in [0, 0.05) is 25.2 Å². The molecular formula is C17H26N2. The van der Waals surface area contributed by atoms with Crippen LogP contribution in [0.5, 0.6) is 0 Å². The number of rotatable bonds is 1. The third kappa shape index (κ3) is 2.44. The highest BCUT2D eigenvalue weighted by Crippen LogP contribution is 2.34. The monoisotopic (exact) mass is 258 g/mol. The Bertz CT molecular complexity index is 433. The van der Waals surface area contributed by atoms with E-state index >= 15 is 0 Å². The summed E-state index contributed by atoms with van der Waals surface area (Å²) in [5, 5.41) is 0. The lowest BCUT2D eigenvalue weighted by molar-refractivity contribution is 0.192. The number of nitrogens with two attached hydrogens (primary N) is 1. The predicted octanol–water partition coefficient (Wildman–Crippen LogP) is 2.98. The van der Waals surface area contributed by atoms with Crippen LogP contribution in [0.25, 0.3) is 0 Å². The Labute approximate surface area is 117 Å². The highest BCUT2D eigenvalue weighted by molar-refractivity contribution is 5.32. The number of benzene rings is 1. The number of likely N-dealkylation sites (tertiary alicyclic amines) is 1. The molecule has 2 heteroatoms. The number of hydrogen-bond donors (Lipinski definition) is 1. The van der Waals surface area contributed by atoms with Crippen molar-refractivity contribution in [2.75, 3.05) is 13.1 Å². The van der Waals surface area contributed by atoms with Crippen LogP contribution in [0, 0.1) is 11.8 Å². The number of fused-ring (bicyclic) bond motifs is 1. The second kappa shape index (κ2) is 5.26. The second-order valence-corrected chi connectivity index (χ2v) is 6.59. The SMILES string of the molecule is CC1CN(C2CCCc3ccccc3C2N)CC1C. The van der Waals surface area contributed by atoms with E-state index in [2.05, 4.69) is 43.0 Å². The maximum atomic E-state index is 6.62. The van der Waals surface area contributed by atoms with Crippen molar-refractivity contribution < 1.29 is 0 Å². The highest BCUT2D eigenvalue weighted by atomic mass is 15.2. The molecule has 19 heavy (non-hydrogen) atoms. The van der Waals surface area contributed by atoms with E-state index in [1.54, 1.807) is 0 Å². The summed E-state index contributed by atoms with van der Waals surface area (Å²) in [7, 11) is 0. The molecule has 0 amide bonds. The molecule has 1 heterocycles. The van der Waals surface area contributed by atoms with Gasteiger partial charge >= 0.3 is 0 Å². The quantitative estimate of drug-likeness (QED) is 0.785. The van der Waals surface area contributed by atoms with Gasteiger partial charge in [-0.15, -0.1) is 0 Å². The fourth-order valence-corrected chi connectivity index (χ4v) is 3.83. The number of hydrogen-bond acceptors (Lipinski definition) is 2. The Kier molecular flexibility index (Phi) is 3.64. The normalized spacial score (nSPS) is 35.9. The molecule has 1 saturated heterocycles. The first kappa shape index (κ1) is 13.1. The Balaban J connectivity index is 1.84. The van der Waals surface area contributed by atoms with Crippen molar-refractivity contribution in [2.45, 2.75) is 45.2 Å². The van der Waals surface area contributed by atoms with Crippen molar-refractivity contribution in [2.24, 2.45) is 17.6 Å². The molecule has 0 bridgehead atoms.